The van der Waals surface area contributed by atoms with Gasteiger partial charge in [0.1, 0.15) is 0 Å². The Kier molecular flexibility index (Phi) is 4.81. The number of aliphatic hydroxyl groups is 1. The molecule has 0 aromatic heterocycles. The largest absolute Gasteiger partial charge is 0.388 e. The molecule has 1 N–H and O–H groups in total. The summed E-state index contributed by atoms with van der Waals surface area (Å²) in [5.41, 5.74) is 2.21. The summed E-state index contributed by atoms with van der Waals surface area (Å²) >= 11 is 3.49. The molecule has 1 aromatic rings. The lowest BCUT2D eigenvalue weighted by Crippen LogP contribution is -2.03. The molecule has 2 unspecified atom stereocenters. The molecule has 0 aliphatic heterocycles. The summed E-state index contributed by atoms with van der Waals surface area (Å²) in [6, 6.07) is 6.06. The highest BCUT2D eigenvalue weighted by molar-refractivity contribution is 9.10. The van der Waals surface area contributed by atoms with Crippen molar-refractivity contribution in [3.05, 3.63) is 33.8 Å². The van der Waals surface area contributed by atoms with Crippen molar-refractivity contribution in [3.8, 4) is 0 Å². The van der Waals surface area contributed by atoms with Gasteiger partial charge in [-0.3, -0.25) is 0 Å². The van der Waals surface area contributed by atoms with E-state index < -0.39 is 0 Å². The van der Waals surface area contributed by atoms with Crippen molar-refractivity contribution in [2.24, 2.45) is 5.92 Å². The van der Waals surface area contributed by atoms with Crippen LogP contribution in [0.4, 0.5) is 0 Å². The van der Waals surface area contributed by atoms with Crippen LogP contribution in [0.1, 0.15) is 43.9 Å². The van der Waals surface area contributed by atoms with E-state index in [9.17, 15) is 5.11 Å². The minimum absolute atomic E-state index is 0.336. The van der Waals surface area contributed by atoms with Crippen LogP contribution in [-0.4, -0.2) is 5.11 Å². The van der Waals surface area contributed by atoms with Crippen LogP contribution in [0.5, 0.6) is 0 Å². The molecule has 0 saturated carbocycles. The smallest absolute Gasteiger partial charge is 0.0793 e. The highest BCUT2D eigenvalue weighted by Gasteiger charge is 2.11. The predicted molar refractivity (Wildman–Crippen MR) is 67.9 cm³/mol. The fourth-order valence-corrected chi connectivity index (χ4v) is 1.90. The summed E-state index contributed by atoms with van der Waals surface area (Å²) in [7, 11) is 0. The monoisotopic (exact) mass is 270 g/mol. The fraction of sp³-hybridized carbons (Fsp3) is 0.538. The van der Waals surface area contributed by atoms with E-state index in [0.29, 0.717) is 5.92 Å². The molecule has 0 saturated heterocycles. The SMILES string of the molecule is CCC(C)CC(O)c1ccc(C)c(Br)c1. The van der Waals surface area contributed by atoms with Gasteiger partial charge in [0.05, 0.1) is 6.10 Å². The number of rotatable bonds is 4. The first kappa shape index (κ1) is 12.7. The van der Waals surface area contributed by atoms with E-state index in [4.69, 9.17) is 0 Å². The maximum atomic E-state index is 10.0. The normalized spacial score (nSPS) is 15.0. The Hall–Kier alpha value is -0.340. The first-order valence-electron chi connectivity index (χ1n) is 5.48. The molecule has 0 amide bonds. The standard InChI is InChI=1S/C13H19BrO/c1-4-9(2)7-13(15)11-6-5-10(3)12(14)8-11/h5-6,8-9,13,15H,4,7H2,1-3H3. The second-order valence-electron chi connectivity index (χ2n) is 4.27. The molecular formula is C13H19BrO. The summed E-state index contributed by atoms with van der Waals surface area (Å²) < 4.78 is 1.07. The molecule has 15 heavy (non-hydrogen) atoms. The van der Waals surface area contributed by atoms with E-state index in [1.165, 1.54) is 5.56 Å². The Morgan fingerprint density at radius 1 is 1.40 bits per heavy atom. The third-order valence-corrected chi connectivity index (χ3v) is 3.76. The molecule has 0 aliphatic carbocycles. The lowest BCUT2D eigenvalue weighted by molar-refractivity contribution is 0.146. The topological polar surface area (TPSA) is 20.2 Å². The highest BCUT2D eigenvalue weighted by Crippen LogP contribution is 2.26. The Morgan fingerprint density at radius 2 is 2.07 bits per heavy atom. The molecule has 0 bridgehead atoms. The van der Waals surface area contributed by atoms with Gasteiger partial charge >= 0.3 is 0 Å². The van der Waals surface area contributed by atoms with Crippen LogP contribution in [0.2, 0.25) is 0 Å². The van der Waals surface area contributed by atoms with Crippen molar-refractivity contribution < 1.29 is 5.11 Å². The first-order chi connectivity index (χ1) is 7.04. The molecule has 0 heterocycles. The molecule has 2 atom stereocenters. The summed E-state index contributed by atoms with van der Waals surface area (Å²) in [6.45, 7) is 6.38. The van der Waals surface area contributed by atoms with Gasteiger partial charge in [0.15, 0.2) is 0 Å². The van der Waals surface area contributed by atoms with Gasteiger partial charge < -0.3 is 5.11 Å². The molecular weight excluding hydrogens is 252 g/mol. The summed E-state index contributed by atoms with van der Waals surface area (Å²) in [5.74, 6) is 0.570. The minimum Gasteiger partial charge on any atom is -0.388 e. The predicted octanol–water partition coefficient (Wildman–Crippen LogP) is 4.23. The lowest BCUT2D eigenvalue weighted by Gasteiger charge is -2.16. The van der Waals surface area contributed by atoms with E-state index in [1.54, 1.807) is 0 Å². The second-order valence-corrected chi connectivity index (χ2v) is 5.13. The summed E-state index contributed by atoms with van der Waals surface area (Å²) in [4.78, 5) is 0. The highest BCUT2D eigenvalue weighted by atomic mass is 79.9. The van der Waals surface area contributed by atoms with Crippen LogP contribution in [0, 0.1) is 12.8 Å². The van der Waals surface area contributed by atoms with Crippen LogP contribution in [0.3, 0.4) is 0 Å². The number of aliphatic hydroxyl groups excluding tert-OH is 1. The average molecular weight is 271 g/mol. The van der Waals surface area contributed by atoms with Crippen molar-refractivity contribution in [2.75, 3.05) is 0 Å². The van der Waals surface area contributed by atoms with Crippen LogP contribution in [0.25, 0.3) is 0 Å². The zero-order chi connectivity index (χ0) is 11.4. The number of hydrogen-bond donors (Lipinski definition) is 1. The second kappa shape index (κ2) is 5.66. The van der Waals surface area contributed by atoms with Gasteiger partial charge in [-0.15, -0.1) is 0 Å². The summed E-state index contributed by atoms with van der Waals surface area (Å²) in [5, 5.41) is 10.0. The average Bonchev–Trinajstić information content (AvgIpc) is 2.21. The van der Waals surface area contributed by atoms with Gasteiger partial charge in [-0.1, -0.05) is 48.3 Å². The van der Waals surface area contributed by atoms with Gasteiger partial charge in [-0.25, -0.2) is 0 Å². The van der Waals surface area contributed by atoms with Gasteiger partial charge in [-0.2, -0.15) is 0 Å². The molecule has 1 aromatic carbocycles. The van der Waals surface area contributed by atoms with E-state index in [0.717, 1.165) is 22.9 Å². The van der Waals surface area contributed by atoms with Gasteiger partial charge in [0.2, 0.25) is 0 Å². The molecule has 1 rings (SSSR count). The Labute approximate surface area is 101 Å². The molecule has 0 aliphatic rings. The third-order valence-electron chi connectivity index (χ3n) is 2.90. The lowest BCUT2D eigenvalue weighted by atomic mass is 9.96. The number of halogens is 1. The number of benzene rings is 1. The molecule has 0 radical (unpaired) electrons. The van der Waals surface area contributed by atoms with Crippen molar-refractivity contribution in [1.82, 2.24) is 0 Å². The quantitative estimate of drug-likeness (QED) is 0.869. The fourth-order valence-electron chi connectivity index (χ4n) is 1.50. The van der Waals surface area contributed by atoms with Crippen molar-refractivity contribution in [2.45, 2.75) is 39.7 Å². The third kappa shape index (κ3) is 3.62. The van der Waals surface area contributed by atoms with Crippen molar-refractivity contribution in [3.63, 3.8) is 0 Å². The van der Waals surface area contributed by atoms with Gasteiger partial charge in [-0.05, 0) is 36.5 Å². The maximum absolute atomic E-state index is 10.0. The molecule has 1 nitrogen and oxygen atoms in total. The molecule has 2 heteroatoms. The molecule has 84 valence electrons. The van der Waals surface area contributed by atoms with Crippen LogP contribution in [-0.2, 0) is 0 Å². The number of hydrogen-bond acceptors (Lipinski definition) is 1. The van der Waals surface area contributed by atoms with Crippen LogP contribution >= 0.6 is 15.9 Å². The van der Waals surface area contributed by atoms with E-state index in [2.05, 4.69) is 36.7 Å². The van der Waals surface area contributed by atoms with Crippen LogP contribution < -0.4 is 0 Å². The van der Waals surface area contributed by atoms with E-state index in [1.807, 2.05) is 18.2 Å². The Morgan fingerprint density at radius 3 is 2.60 bits per heavy atom. The summed E-state index contributed by atoms with van der Waals surface area (Å²) in [6.07, 6.45) is 1.62. The molecule has 0 fully saturated rings. The van der Waals surface area contributed by atoms with Crippen LogP contribution in [0.15, 0.2) is 22.7 Å². The minimum atomic E-state index is -0.336. The maximum Gasteiger partial charge on any atom is 0.0793 e. The van der Waals surface area contributed by atoms with Gasteiger partial charge in [0.25, 0.3) is 0 Å². The first-order valence-corrected chi connectivity index (χ1v) is 6.28. The van der Waals surface area contributed by atoms with Crippen molar-refractivity contribution >= 4 is 15.9 Å². The van der Waals surface area contributed by atoms with E-state index in [-0.39, 0.29) is 6.10 Å². The number of aryl methyl sites for hydroxylation is 1. The Balaban J connectivity index is 2.73. The molecule has 0 spiro atoms. The Bertz CT molecular complexity index is 322. The zero-order valence-electron chi connectivity index (χ0n) is 9.63. The zero-order valence-corrected chi connectivity index (χ0v) is 11.2. The van der Waals surface area contributed by atoms with E-state index >= 15 is 0 Å². The van der Waals surface area contributed by atoms with Gasteiger partial charge in [0, 0.05) is 4.47 Å². The van der Waals surface area contributed by atoms with Crippen molar-refractivity contribution in [1.29, 1.82) is 0 Å².